The second-order valence-corrected chi connectivity index (χ2v) is 12.0. The van der Waals surface area contributed by atoms with E-state index >= 15 is 0 Å². The van der Waals surface area contributed by atoms with Gasteiger partial charge >= 0.3 is 0 Å². The van der Waals surface area contributed by atoms with Gasteiger partial charge in [0, 0.05) is 36.2 Å². The number of aliphatic hydroxyl groups excluding tert-OH is 2. The number of Topliss-reactive ketones (excluding diaryl/α,β-unsaturated/α-hetero) is 2. The van der Waals surface area contributed by atoms with Crippen molar-refractivity contribution in [2.45, 2.75) is 37.5 Å². The minimum atomic E-state index is -2.67. The molecule has 12 heteroatoms. The first-order valence-electron chi connectivity index (χ1n) is 13.2. The van der Waals surface area contributed by atoms with Crippen molar-refractivity contribution in [3.8, 4) is 5.75 Å². The van der Waals surface area contributed by atoms with E-state index in [-0.39, 0.29) is 29.7 Å². The van der Waals surface area contributed by atoms with Gasteiger partial charge in [-0.25, -0.2) is 0 Å². The number of benzene rings is 1. The molecule has 4 aliphatic rings. The average Bonchev–Trinajstić information content (AvgIpc) is 3.36. The van der Waals surface area contributed by atoms with E-state index in [1.54, 1.807) is 14.1 Å². The topological polar surface area (TPSA) is 174 Å². The first-order valence-corrected chi connectivity index (χ1v) is 13.6. The molecular formula is C28H34ClN3O8. The number of hydrogen-bond acceptors (Lipinski definition) is 10. The van der Waals surface area contributed by atoms with Crippen LogP contribution in [0, 0.1) is 17.8 Å². The average molecular weight is 576 g/mol. The minimum absolute atomic E-state index is 0.00859. The maximum atomic E-state index is 13.9. The Morgan fingerprint density at radius 2 is 1.93 bits per heavy atom. The number of aromatic hydroxyl groups is 1. The van der Waals surface area contributed by atoms with Crippen LogP contribution in [-0.4, -0.2) is 100 Å². The van der Waals surface area contributed by atoms with Crippen LogP contribution in [0.1, 0.15) is 29.5 Å². The van der Waals surface area contributed by atoms with Crippen molar-refractivity contribution in [2.24, 2.45) is 23.5 Å². The molecule has 1 aliphatic heterocycles. The number of carbonyl (C=O) groups is 3. The van der Waals surface area contributed by atoms with E-state index in [9.17, 15) is 34.8 Å². The Bertz CT molecular complexity index is 1370. The summed E-state index contributed by atoms with van der Waals surface area (Å²) in [6.07, 6.45) is 1.13. The molecule has 1 saturated carbocycles. The highest BCUT2D eigenvalue weighted by atomic mass is 35.5. The molecule has 11 nitrogen and oxygen atoms in total. The number of nitrogens with two attached hydrogens (primary N) is 1. The van der Waals surface area contributed by atoms with Gasteiger partial charge in [0.2, 0.25) is 5.78 Å². The van der Waals surface area contributed by atoms with Gasteiger partial charge in [0.1, 0.15) is 22.8 Å². The van der Waals surface area contributed by atoms with Crippen LogP contribution in [0.2, 0.25) is 5.02 Å². The number of nitrogens with zero attached hydrogens (tertiary/aromatic N) is 2. The summed E-state index contributed by atoms with van der Waals surface area (Å²) in [5.74, 6) is -6.48. The minimum Gasteiger partial charge on any atom is -0.508 e. The summed E-state index contributed by atoms with van der Waals surface area (Å²) in [6.45, 7) is 2.65. The molecule has 1 aromatic carbocycles. The maximum absolute atomic E-state index is 13.9. The number of hydrogen-bond donors (Lipinski definition) is 5. The lowest BCUT2D eigenvalue weighted by molar-refractivity contribution is -0.153. The molecule has 1 aromatic rings. The van der Waals surface area contributed by atoms with Gasteiger partial charge in [-0.3, -0.25) is 19.3 Å². The van der Waals surface area contributed by atoms with Crippen LogP contribution in [0.4, 0.5) is 0 Å². The molecule has 6 N–H and O–H groups in total. The van der Waals surface area contributed by atoms with Gasteiger partial charge in [-0.2, -0.15) is 0 Å². The number of carbonyl (C=O) groups excluding carboxylic acids is 3. The van der Waals surface area contributed by atoms with Gasteiger partial charge in [-0.1, -0.05) is 11.6 Å². The van der Waals surface area contributed by atoms with Crippen LogP contribution in [0.25, 0.3) is 5.76 Å². The van der Waals surface area contributed by atoms with Crippen LogP contribution in [-0.2, 0) is 32.1 Å². The zero-order valence-electron chi connectivity index (χ0n) is 22.6. The zero-order chi connectivity index (χ0) is 29.3. The molecule has 5 rings (SSSR count). The highest BCUT2D eigenvalue weighted by molar-refractivity contribution is 6.32. The molecular weight excluding hydrogens is 542 g/mol. The van der Waals surface area contributed by atoms with Crippen molar-refractivity contribution in [1.29, 1.82) is 0 Å². The van der Waals surface area contributed by atoms with Crippen molar-refractivity contribution in [2.75, 3.05) is 40.9 Å². The Labute approximate surface area is 236 Å². The summed E-state index contributed by atoms with van der Waals surface area (Å²) < 4.78 is 5.46. The summed E-state index contributed by atoms with van der Waals surface area (Å²) in [7, 11) is 5.06. The van der Waals surface area contributed by atoms with Crippen LogP contribution < -0.4 is 5.73 Å². The van der Waals surface area contributed by atoms with E-state index in [1.807, 2.05) is 7.05 Å². The third kappa shape index (κ3) is 4.22. The lowest BCUT2D eigenvalue weighted by Gasteiger charge is -2.50. The quantitative estimate of drug-likeness (QED) is 0.309. The molecule has 2 fully saturated rings. The molecule has 1 saturated heterocycles. The third-order valence-electron chi connectivity index (χ3n) is 8.76. The number of primary amides is 1. The SMILES string of the molecule is CN(Cc1cc(O)c2c(c1Cl)C[C@H]1C[C@H]3[C@H](N(C)C)C(=O)C(C(N)=O)=C(O)[C@@]3(O)C(=O)C1=C2O)CC1CCOC1. The van der Waals surface area contributed by atoms with Crippen molar-refractivity contribution >= 4 is 34.8 Å². The van der Waals surface area contributed by atoms with E-state index in [0.717, 1.165) is 19.6 Å². The van der Waals surface area contributed by atoms with Gasteiger partial charge in [-0.05, 0) is 69.4 Å². The molecule has 0 aromatic heterocycles. The van der Waals surface area contributed by atoms with Gasteiger partial charge < -0.3 is 35.8 Å². The Kier molecular flexibility index (Phi) is 7.25. The molecule has 1 unspecified atom stereocenters. The summed E-state index contributed by atoms with van der Waals surface area (Å²) in [4.78, 5) is 42.7. The highest BCUT2D eigenvalue weighted by Gasteiger charge is 2.64. The third-order valence-corrected chi connectivity index (χ3v) is 9.23. The number of likely N-dealkylation sites (N-methyl/N-ethyl adjacent to an activating group) is 1. The van der Waals surface area contributed by atoms with Crippen molar-refractivity contribution in [3.63, 3.8) is 0 Å². The van der Waals surface area contributed by atoms with E-state index in [0.29, 0.717) is 35.2 Å². The van der Waals surface area contributed by atoms with Gasteiger partial charge in [-0.15, -0.1) is 0 Å². The monoisotopic (exact) mass is 575 g/mol. The number of phenolic OH excluding ortho intramolecular Hbond substituents is 1. The van der Waals surface area contributed by atoms with Crippen LogP contribution in [0.5, 0.6) is 5.75 Å². The lowest BCUT2D eigenvalue weighted by Crippen LogP contribution is -2.65. The molecule has 5 atom stereocenters. The van der Waals surface area contributed by atoms with Crippen molar-refractivity contribution < 1.29 is 39.5 Å². The predicted octanol–water partition coefficient (Wildman–Crippen LogP) is 1.09. The molecule has 0 bridgehead atoms. The first-order chi connectivity index (χ1) is 18.8. The standard InChI is InChI=1S/C28H34ClN3O8/c1-31(2)22-16-7-13-6-15-19(17(33)8-14(21(15)29)10-32(3)9-12-4-5-40-11-12)23(34)18(13)25(36)28(16,39)26(37)20(24(22)35)27(30)38/h8,12-13,16,22,33-34,37,39H,4-7,9-11H2,1-3H3,(H2,30,38)/t12?,13-,16-,22-,28-/m0/s1. The number of fused-ring (bicyclic) bond motifs is 3. The number of ether oxygens (including phenoxy) is 1. The number of amides is 1. The summed E-state index contributed by atoms with van der Waals surface area (Å²) in [5.41, 5.74) is 2.73. The second kappa shape index (κ2) is 10.1. The molecule has 216 valence electrons. The molecule has 40 heavy (non-hydrogen) atoms. The Hall–Kier alpha value is -2.96. The Balaban J connectivity index is 1.58. The predicted molar refractivity (Wildman–Crippen MR) is 145 cm³/mol. The van der Waals surface area contributed by atoms with Gasteiger partial charge in [0.25, 0.3) is 5.91 Å². The first kappa shape index (κ1) is 28.6. The maximum Gasteiger partial charge on any atom is 0.255 e. The fourth-order valence-electron chi connectivity index (χ4n) is 6.99. The number of ketones is 2. The van der Waals surface area contributed by atoms with Crippen LogP contribution in [0.3, 0.4) is 0 Å². The van der Waals surface area contributed by atoms with E-state index < -0.39 is 58.0 Å². The summed E-state index contributed by atoms with van der Waals surface area (Å²) >= 11 is 6.84. The second-order valence-electron chi connectivity index (χ2n) is 11.6. The van der Waals surface area contributed by atoms with Gasteiger partial charge in [0.05, 0.1) is 18.2 Å². The van der Waals surface area contributed by atoms with E-state index in [4.69, 9.17) is 22.1 Å². The largest absolute Gasteiger partial charge is 0.508 e. The van der Waals surface area contributed by atoms with Crippen LogP contribution >= 0.6 is 11.6 Å². The molecule has 3 aliphatic carbocycles. The summed E-state index contributed by atoms with van der Waals surface area (Å²) in [5, 5.41) is 45.2. The van der Waals surface area contributed by atoms with Gasteiger partial charge in [0.15, 0.2) is 11.4 Å². The fraction of sp³-hybridized carbons (Fsp3) is 0.536. The van der Waals surface area contributed by atoms with E-state index in [2.05, 4.69) is 4.90 Å². The Morgan fingerprint density at radius 3 is 2.52 bits per heavy atom. The number of rotatable bonds is 6. The number of aliphatic hydroxyl groups is 3. The molecule has 1 heterocycles. The zero-order valence-corrected chi connectivity index (χ0v) is 23.4. The van der Waals surface area contributed by atoms with Crippen molar-refractivity contribution in [3.05, 3.63) is 44.7 Å². The molecule has 0 radical (unpaired) electrons. The highest BCUT2D eigenvalue weighted by Crippen LogP contribution is 2.53. The Morgan fingerprint density at radius 1 is 1.23 bits per heavy atom. The smallest absolute Gasteiger partial charge is 0.255 e. The lowest BCUT2D eigenvalue weighted by atomic mass is 9.57. The number of phenols is 1. The fourth-order valence-corrected chi connectivity index (χ4v) is 7.27. The van der Waals surface area contributed by atoms with Crippen molar-refractivity contribution in [1.82, 2.24) is 9.80 Å². The molecule has 1 amide bonds. The molecule has 0 spiro atoms. The summed E-state index contributed by atoms with van der Waals surface area (Å²) in [6, 6.07) is 0.315. The van der Waals surface area contributed by atoms with E-state index in [1.165, 1.54) is 11.0 Å². The normalized spacial score (nSPS) is 30.2. The van der Waals surface area contributed by atoms with Crippen LogP contribution in [0.15, 0.2) is 23.0 Å². The number of halogens is 1.